The van der Waals surface area contributed by atoms with Gasteiger partial charge >= 0.3 is 0 Å². The third-order valence-corrected chi connectivity index (χ3v) is 5.49. The number of amides is 1. The van der Waals surface area contributed by atoms with Crippen molar-refractivity contribution in [3.8, 4) is 0 Å². The molecule has 1 amide bonds. The first-order valence-corrected chi connectivity index (χ1v) is 8.41. The minimum atomic E-state index is -0.321. The maximum absolute atomic E-state index is 13.4. The number of likely N-dealkylation sites (tertiary alicyclic amines) is 2. The molecule has 116 valence electrons. The van der Waals surface area contributed by atoms with Crippen LogP contribution < -0.4 is 0 Å². The topological polar surface area (TPSA) is 52.2 Å². The second-order valence-electron chi connectivity index (χ2n) is 6.32. The monoisotopic (exact) mass is 414 g/mol. The van der Waals surface area contributed by atoms with E-state index in [0.29, 0.717) is 32.3 Å². The van der Waals surface area contributed by atoms with E-state index in [2.05, 4.69) is 21.9 Å². The van der Waals surface area contributed by atoms with Crippen LogP contribution in [0.1, 0.15) is 10.6 Å². The summed E-state index contributed by atoms with van der Waals surface area (Å²) in [5.41, 5.74) is 1.23. The molecular formula is C15H16FIN4O. The van der Waals surface area contributed by atoms with Gasteiger partial charge in [0, 0.05) is 29.7 Å². The van der Waals surface area contributed by atoms with E-state index in [-0.39, 0.29) is 11.7 Å². The molecule has 1 N–H and O–H groups in total. The Hall–Kier alpha value is -1.22. The molecule has 0 radical (unpaired) electrons. The van der Waals surface area contributed by atoms with Crippen LogP contribution in [0.15, 0.2) is 12.1 Å². The Balaban J connectivity index is 1.60. The Kier molecular flexibility index (Phi) is 3.37. The Morgan fingerprint density at radius 1 is 1.32 bits per heavy atom. The molecule has 4 rings (SSSR count). The maximum Gasteiger partial charge on any atom is 0.289 e. The van der Waals surface area contributed by atoms with Gasteiger partial charge in [0.15, 0.2) is 5.82 Å². The highest BCUT2D eigenvalue weighted by molar-refractivity contribution is 14.1. The van der Waals surface area contributed by atoms with E-state index in [9.17, 15) is 9.18 Å². The maximum atomic E-state index is 13.4. The van der Waals surface area contributed by atoms with Gasteiger partial charge in [-0.05, 0) is 53.6 Å². The van der Waals surface area contributed by atoms with E-state index in [0.717, 1.165) is 26.2 Å². The van der Waals surface area contributed by atoms with Gasteiger partial charge in [-0.2, -0.15) is 0 Å². The van der Waals surface area contributed by atoms with Gasteiger partial charge in [0.05, 0.1) is 5.52 Å². The van der Waals surface area contributed by atoms with Gasteiger partial charge in [-0.1, -0.05) is 0 Å². The van der Waals surface area contributed by atoms with Crippen molar-refractivity contribution in [1.29, 1.82) is 0 Å². The number of H-pyrrole nitrogens is 1. The number of nitrogens with one attached hydrogen (secondary N) is 1. The molecule has 2 aliphatic heterocycles. The number of aromatic nitrogens is 2. The SMILES string of the molecule is CN1C[C@@H]2CN(C(=O)c3nc4c(I)cc(F)cc4[nH]3)C[C@@H]2C1. The molecule has 0 unspecified atom stereocenters. The Bertz CT molecular complexity index is 747. The number of carbonyl (C=O) groups excluding carboxylic acids is 1. The highest BCUT2D eigenvalue weighted by Gasteiger charge is 2.41. The normalized spacial score (nSPS) is 25.1. The highest BCUT2D eigenvalue weighted by atomic mass is 127. The van der Waals surface area contributed by atoms with Crippen LogP contribution in [0.2, 0.25) is 0 Å². The predicted molar refractivity (Wildman–Crippen MR) is 89.1 cm³/mol. The van der Waals surface area contributed by atoms with Gasteiger partial charge in [-0.3, -0.25) is 4.79 Å². The second kappa shape index (κ2) is 5.16. The van der Waals surface area contributed by atoms with E-state index in [1.54, 1.807) is 0 Å². The lowest BCUT2D eigenvalue weighted by molar-refractivity contribution is 0.0765. The number of benzene rings is 1. The molecule has 2 aromatic rings. The van der Waals surface area contributed by atoms with Gasteiger partial charge in [-0.15, -0.1) is 0 Å². The summed E-state index contributed by atoms with van der Waals surface area (Å²) in [7, 11) is 2.13. The first-order chi connectivity index (χ1) is 10.5. The molecule has 0 saturated carbocycles. The summed E-state index contributed by atoms with van der Waals surface area (Å²) in [4.78, 5) is 24.2. The van der Waals surface area contributed by atoms with Gasteiger partial charge < -0.3 is 14.8 Å². The van der Waals surface area contributed by atoms with Crippen molar-refractivity contribution in [1.82, 2.24) is 19.8 Å². The van der Waals surface area contributed by atoms with Crippen molar-refractivity contribution in [3.63, 3.8) is 0 Å². The number of aromatic amines is 1. The number of hydrogen-bond donors (Lipinski definition) is 1. The molecule has 5 nitrogen and oxygen atoms in total. The van der Waals surface area contributed by atoms with Gasteiger partial charge in [0.1, 0.15) is 11.3 Å². The number of nitrogens with zero attached hydrogens (tertiary/aromatic N) is 3. The summed E-state index contributed by atoms with van der Waals surface area (Å²) >= 11 is 2.04. The third-order valence-electron chi connectivity index (χ3n) is 4.66. The minimum Gasteiger partial charge on any atom is -0.335 e. The predicted octanol–water partition coefficient (Wildman–Crippen LogP) is 1.94. The first kappa shape index (κ1) is 14.4. The van der Waals surface area contributed by atoms with Crippen LogP contribution in [-0.4, -0.2) is 58.9 Å². The Labute approximate surface area is 141 Å². The fourth-order valence-corrected chi connectivity index (χ4v) is 4.40. The van der Waals surface area contributed by atoms with E-state index >= 15 is 0 Å². The average molecular weight is 414 g/mol. The van der Waals surface area contributed by atoms with Crippen molar-refractivity contribution >= 4 is 39.5 Å². The molecule has 1 aromatic carbocycles. The number of halogens is 2. The molecule has 0 spiro atoms. The fourth-order valence-electron chi connectivity index (χ4n) is 3.69. The molecule has 2 fully saturated rings. The highest BCUT2D eigenvalue weighted by Crippen LogP contribution is 2.31. The van der Waals surface area contributed by atoms with Crippen LogP contribution >= 0.6 is 22.6 Å². The number of hydrogen-bond acceptors (Lipinski definition) is 3. The van der Waals surface area contributed by atoms with Crippen LogP contribution in [-0.2, 0) is 0 Å². The molecule has 2 saturated heterocycles. The average Bonchev–Trinajstić information content (AvgIpc) is 3.09. The quantitative estimate of drug-likeness (QED) is 0.726. The zero-order valence-electron chi connectivity index (χ0n) is 12.1. The Morgan fingerprint density at radius 2 is 2.00 bits per heavy atom. The minimum absolute atomic E-state index is 0.0792. The van der Waals surface area contributed by atoms with E-state index < -0.39 is 0 Å². The second-order valence-corrected chi connectivity index (χ2v) is 7.48. The van der Waals surface area contributed by atoms with Crippen molar-refractivity contribution < 1.29 is 9.18 Å². The molecule has 0 aliphatic carbocycles. The standard InChI is InChI=1S/C15H16FIN4O/c1-20-4-8-6-21(7-9(8)5-20)15(22)14-18-12-3-10(16)2-11(17)13(12)19-14/h2-3,8-9H,4-7H2,1H3,(H,18,19)/t8-,9+. The van der Waals surface area contributed by atoms with Crippen molar-refractivity contribution in [2.45, 2.75) is 0 Å². The van der Waals surface area contributed by atoms with Gasteiger partial charge in [0.25, 0.3) is 5.91 Å². The number of rotatable bonds is 1. The van der Waals surface area contributed by atoms with Crippen LogP contribution in [0.5, 0.6) is 0 Å². The molecule has 1 aromatic heterocycles. The van der Waals surface area contributed by atoms with E-state index in [1.165, 1.54) is 12.1 Å². The zero-order chi connectivity index (χ0) is 15.4. The lowest BCUT2D eigenvalue weighted by atomic mass is 10.0. The summed E-state index contributed by atoms with van der Waals surface area (Å²) in [6.07, 6.45) is 0. The molecule has 2 atom stereocenters. The number of carbonyl (C=O) groups is 1. The zero-order valence-corrected chi connectivity index (χ0v) is 14.3. The molecule has 22 heavy (non-hydrogen) atoms. The molecule has 0 bridgehead atoms. The van der Waals surface area contributed by atoms with Crippen LogP contribution in [0.25, 0.3) is 11.0 Å². The van der Waals surface area contributed by atoms with Gasteiger partial charge in [-0.25, -0.2) is 9.37 Å². The largest absolute Gasteiger partial charge is 0.335 e. The van der Waals surface area contributed by atoms with Crippen molar-refractivity contribution in [3.05, 3.63) is 27.3 Å². The van der Waals surface area contributed by atoms with E-state index in [4.69, 9.17) is 0 Å². The molecule has 7 heteroatoms. The van der Waals surface area contributed by atoms with Crippen LogP contribution in [0.3, 0.4) is 0 Å². The summed E-state index contributed by atoms with van der Waals surface area (Å²) in [6, 6.07) is 2.81. The molecular weight excluding hydrogens is 398 g/mol. The summed E-state index contributed by atoms with van der Waals surface area (Å²) in [6.45, 7) is 3.68. The lowest BCUT2D eigenvalue weighted by Gasteiger charge is -2.18. The lowest BCUT2D eigenvalue weighted by Crippen LogP contribution is -2.32. The van der Waals surface area contributed by atoms with Crippen molar-refractivity contribution in [2.24, 2.45) is 11.8 Å². The summed E-state index contributed by atoms with van der Waals surface area (Å²) < 4.78 is 14.2. The smallest absolute Gasteiger partial charge is 0.289 e. The van der Waals surface area contributed by atoms with E-state index in [1.807, 2.05) is 27.5 Å². The first-order valence-electron chi connectivity index (χ1n) is 7.34. The summed E-state index contributed by atoms with van der Waals surface area (Å²) in [5, 5.41) is 0. The molecule has 2 aliphatic rings. The number of fused-ring (bicyclic) bond motifs is 2. The van der Waals surface area contributed by atoms with Crippen molar-refractivity contribution in [2.75, 3.05) is 33.2 Å². The molecule has 3 heterocycles. The van der Waals surface area contributed by atoms with Gasteiger partial charge in [0.2, 0.25) is 0 Å². The fraction of sp³-hybridized carbons (Fsp3) is 0.467. The van der Waals surface area contributed by atoms with Crippen LogP contribution in [0, 0.1) is 21.2 Å². The number of imidazole rings is 1. The summed E-state index contributed by atoms with van der Waals surface area (Å²) in [5.74, 6) is 1.04. The van der Waals surface area contributed by atoms with Crippen LogP contribution in [0.4, 0.5) is 4.39 Å². The Morgan fingerprint density at radius 3 is 2.68 bits per heavy atom. The third kappa shape index (κ3) is 2.30.